The Hall–Kier alpha value is -1.51. The van der Waals surface area contributed by atoms with E-state index in [1.807, 2.05) is 24.1 Å². The Bertz CT molecular complexity index is 407. The number of hydrogen-bond donors (Lipinski definition) is 1. The Morgan fingerprint density at radius 2 is 1.94 bits per heavy atom. The molecule has 3 nitrogen and oxygen atoms in total. The minimum absolute atomic E-state index is 0.514. The zero-order chi connectivity index (χ0) is 12.5. The summed E-state index contributed by atoms with van der Waals surface area (Å²) in [6.07, 6.45) is 2.64. The molecule has 1 aromatic rings. The minimum Gasteiger partial charge on any atom is -0.481 e. The van der Waals surface area contributed by atoms with E-state index in [0.717, 1.165) is 24.9 Å². The Labute approximate surface area is 102 Å². The van der Waals surface area contributed by atoms with Crippen molar-refractivity contribution in [1.82, 2.24) is 0 Å². The van der Waals surface area contributed by atoms with Gasteiger partial charge in [0.15, 0.2) is 0 Å². The van der Waals surface area contributed by atoms with Gasteiger partial charge in [0.1, 0.15) is 0 Å². The maximum atomic E-state index is 11.3. The topological polar surface area (TPSA) is 40.5 Å². The molecular formula is C14H19NO2. The van der Waals surface area contributed by atoms with Crippen LogP contribution in [0.25, 0.3) is 0 Å². The van der Waals surface area contributed by atoms with Gasteiger partial charge >= 0.3 is 5.97 Å². The molecule has 0 atom stereocenters. The highest BCUT2D eigenvalue weighted by Crippen LogP contribution is 2.42. The monoisotopic (exact) mass is 233 g/mol. The zero-order valence-corrected chi connectivity index (χ0v) is 10.4. The first-order valence-electron chi connectivity index (χ1n) is 6.05. The molecule has 1 aliphatic carbocycles. The van der Waals surface area contributed by atoms with E-state index in [0.29, 0.717) is 6.54 Å². The predicted octanol–water partition coefficient (Wildman–Crippen LogP) is 2.69. The molecule has 0 heterocycles. The van der Waals surface area contributed by atoms with Crippen LogP contribution in [-0.4, -0.2) is 24.7 Å². The summed E-state index contributed by atoms with van der Waals surface area (Å²) in [5.74, 6) is -0.650. The van der Waals surface area contributed by atoms with E-state index in [4.69, 9.17) is 0 Å². The standard InChI is InChI=1S/C14H19NO2/c1-11-4-6-12(7-5-11)15(2)10-14(13(16)17)8-3-9-14/h4-7H,3,8-10H2,1-2H3,(H,16,17). The van der Waals surface area contributed by atoms with Crippen molar-refractivity contribution in [3.63, 3.8) is 0 Å². The Balaban J connectivity index is 2.08. The van der Waals surface area contributed by atoms with Crippen LogP contribution < -0.4 is 4.90 Å². The Kier molecular flexibility index (Phi) is 3.09. The van der Waals surface area contributed by atoms with Gasteiger partial charge in [-0.2, -0.15) is 0 Å². The maximum absolute atomic E-state index is 11.3. The van der Waals surface area contributed by atoms with E-state index in [9.17, 15) is 9.90 Å². The fraction of sp³-hybridized carbons (Fsp3) is 0.500. The van der Waals surface area contributed by atoms with E-state index in [-0.39, 0.29) is 0 Å². The van der Waals surface area contributed by atoms with Gasteiger partial charge in [0.2, 0.25) is 0 Å². The summed E-state index contributed by atoms with van der Waals surface area (Å²) in [5.41, 5.74) is 1.79. The second kappa shape index (κ2) is 4.40. The number of aryl methyl sites for hydroxylation is 1. The first-order valence-corrected chi connectivity index (χ1v) is 6.05. The molecule has 1 N–H and O–H groups in total. The summed E-state index contributed by atoms with van der Waals surface area (Å²) < 4.78 is 0. The van der Waals surface area contributed by atoms with Crippen LogP contribution in [0, 0.1) is 12.3 Å². The molecule has 0 spiro atoms. The van der Waals surface area contributed by atoms with Crippen LogP contribution in [0.15, 0.2) is 24.3 Å². The minimum atomic E-state index is -0.650. The van der Waals surface area contributed by atoms with Crippen LogP contribution in [0.4, 0.5) is 5.69 Å². The lowest BCUT2D eigenvalue weighted by Crippen LogP contribution is -2.46. The van der Waals surface area contributed by atoms with E-state index in [1.165, 1.54) is 5.56 Å². The van der Waals surface area contributed by atoms with Crippen LogP contribution in [-0.2, 0) is 4.79 Å². The van der Waals surface area contributed by atoms with Crippen molar-refractivity contribution in [2.45, 2.75) is 26.2 Å². The second-order valence-corrected chi connectivity index (χ2v) is 5.13. The molecule has 17 heavy (non-hydrogen) atoms. The molecule has 0 aliphatic heterocycles. The van der Waals surface area contributed by atoms with Crippen molar-refractivity contribution in [2.75, 3.05) is 18.5 Å². The third-order valence-corrected chi connectivity index (χ3v) is 3.78. The summed E-state index contributed by atoms with van der Waals surface area (Å²) in [6.45, 7) is 2.65. The van der Waals surface area contributed by atoms with Crippen LogP contribution >= 0.6 is 0 Å². The SMILES string of the molecule is Cc1ccc(N(C)CC2(C(=O)O)CCC2)cc1. The van der Waals surface area contributed by atoms with Crippen LogP contribution in [0.5, 0.6) is 0 Å². The lowest BCUT2D eigenvalue weighted by Gasteiger charge is -2.41. The number of aliphatic carboxylic acids is 1. The summed E-state index contributed by atoms with van der Waals surface area (Å²) in [6, 6.07) is 8.20. The number of hydrogen-bond acceptors (Lipinski definition) is 2. The van der Waals surface area contributed by atoms with Crippen LogP contribution in [0.1, 0.15) is 24.8 Å². The molecule has 0 unspecified atom stereocenters. The van der Waals surface area contributed by atoms with Gasteiger partial charge in [-0.15, -0.1) is 0 Å². The van der Waals surface area contributed by atoms with Gasteiger partial charge in [-0.3, -0.25) is 4.79 Å². The predicted molar refractivity (Wildman–Crippen MR) is 68.4 cm³/mol. The molecule has 1 fully saturated rings. The highest BCUT2D eigenvalue weighted by Gasteiger charge is 2.45. The van der Waals surface area contributed by atoms with Gasteiger partial charge in [-0.25, -0.2) is 0 Å². The highest BCUT2D eigenvalue weighted by atomic mass is 16.4. The maximum Gasteiger partial charge on any atom is 0.311 e. The van der Waals surface area contributed by atoms with Crippen LogP contribution in [0.3, 0.4) is 0 Å². The molecule has 1 aliphatic rings. The fourth-order valence-corrected chi connectivity index (χ4v) is 2.39. The molecule has 1 aromatic carbocycles. The summed E-state index contributed by atoms with van der Waals surface area (Å²) in [5, 5.41) is 9.30. The zero-order valence-electron chi connectivity index (χ0n) is 10.4. The molecule has 92 valence electrons. The largest absolute Gasteiger partial charge is 0.481 e. The van der Waals surface area contributed by atoms with Crippen molar-refractivity contribution < 1.29 is 9.90 Å². The van der Waals surface area contributed by atoms with Gasteiger partial charge in [0, 0.05) is 19.3 Å². The van der Waals surface area contributed by atoms with Crippen molar-refractivity contribution in [3.05, 3.63) is 29.8 Å². The molecule has 2 rings (SSSR count). The van der Waals surface area contributed by atoms with E-state index < -0.39 is 11.4 Å². The second-order valence-electron chi connectivity index (χ2n) is 5.13. The normalized spacial score (nSPS) is 17.3. The third-order valence-electron chi connectivity index (χ3n) is 3.78. The highest BCUT2D eigenvalue weighted by molar-refractivity contribution is 5.76. The van der Waals surface area contributed by atoms with Crippen molar-refractivity contribution in [1.29, 1.82) is 0 Å². The fourth-order valence-electron chi connectivity index (χ4n) is 2.39. The van der Waals surface area contributed by atoms with Crippen molar-refractivity contribution >= 4 is 11.7 Å². The van der Waals surface area contributed by atoms with Gasteiger partial charge in [-0.05, 0) is 31.9 Å². The molecule has 0 bridgehead atoms. The molecule has 0 radical (unpaired) electrons. The molecule has 1 saturated carbocycles. The van der Waals surface area contributed by atoms with Crippen LogP contribution in [0.2, 0.25) is 0 Å². The van der Waals surface area contributed by atoms with E-state index in [2.05, 4.69) is 19.1 Å². The first kappa shape index (κ1) is 12.0. The van der Waals surface area contributed by atoms with E-state index >= 15 is 0 Å². The molecule has 0 aromatic heterocycles. The summed E-state index contributed by atoms with van der Waals surface area (Å²) in [7, 11) is 1.97. The number of nitrogens with zero attached hydrogens (tertiary/aromatic N) is 1. The number of benzene rings is 1. The van der Waals surface area contributed by atoms with E-state index in [1.54, 1.807) is 0 Å². The Morgan fingerprint density at radius 3 is 2.35 bits per heavy atom. The van der Waals surface area contributed by atoms with Gasteiger partial charge in [0.25, 0.3) is 0 Å². The van der Waals surface area contributed by atoms with Crippen molar-refractivity contribution in [2.24, 2.45) is 5.41 Å². The summed E-state index contributed by atoms with van der Waals surface area (Å²) >= 11 is 0. The number of carboxylic acids is 1. The number of anilines is 1. The lowest BCUT2D eigenvalue weighted by atomic mass is 9.68. The number of carboxylic acid groups (broad SMARTS) is 1. The molecular weight excluding hydrogens is 214 g/mol. The first-order chi connectivity index (χ1) is 8.03. The Morgan fingerprint density at radius 1 is 1.35 bits per heavy atom. The van der Waals surface area contributed by atoms with Gasteiger partial charge in [0.05, 0.1) is 5.41 Å². The lowest BCUT2D eigenvalue weighted by molar-refractivity contribution is -0.153. The van der Waals surface area contributed by atoms with Gasteiger partial charge in [-0.1, -0.05) is 24.1 Å². The van der Waals surface area contributed by atoms with Crippen molar-refractivity contribution in [3.8, 4) is 0 Å². The number of rotatable bonds is 4. The molecule has 0 saturated heterocycles. The third kappa shape index (κ3) is 2.28. The smallest absolute Gasteiger partial charge is 0.311 e. The number of carbonyl (C=O) groups is 1. The van der Waals surface area contributed by atoms with Gasteiger partial charge < -0.3 is 10.0 Å². The average Bonchev–Trinajstić information content (AvgIpc) is 2.23. The average molecular weight is 233 g/mol. The summed E-state index contributed by atoms with van der Waals surface area (Å²) in [4.78, 5) is 13.3. The molecule has 3 heteroatoms. The quantitative estimate of drug-likeness (QED) is 0.869. The molecule has 0 amide bonds.